The molecule has 3 heteroatoms. The van der Waals surface area contributed by atoms with Gasteiger partial charge in [-0.25, -0.2) is 9.13 Å². The molecule has 0 radical (unpaired) electrons. The monoisotopic (exact) mass is 359 g/mol. The molecule has 128 valence electrons. The van der Waals surface area contributed by atoms with E-state index >= 15 is 0 Å². The quantitative estimate of drug-likeness (QED) is 0.365. The van der Waals surface area contributed by atoms with E-state index in [9.17, 15) is 0 Å². The summed E-state index contributed by atoms with van der Waals surface area (Å²) >= 11 is 6.74. The predicted molar refractivity (Wildman–Crippen MR) is 105 cm³/mol. The molecule has 0 aliphatic heterocycles. The number of nitrogens with zero attached hydrogens (tertiary/aromatic N) is 2. The fourth-order valence-electron chi connectivity index (χ4n) is 3.68. The van der Waals surface area contributed by atoms with Crippen molar-refractivity contribution in [2.75, 3.05) is 0 Å². The van der Waals surface area contributed by atoms with Crippen LogP contribution in [0.5, 0.6) is 0 Å². The highest BCUT2D eigenvalue weighted by atomic mass is 35.5. The van der Waals surface area contributed by atoms with Crippen LogP contribution < -0.4 is 4.57 Å². The molecule has 0 spiro atoms. The molecule has 0 saturated carbocycles. The number of hydrogen-bond acceptors (Lipinski definition) is 0. The zero-order chi connectivity index (χ0) is 18.0. The number of halogens is 1. The third-order valence-electron chi connectivity index (χ3n) is 4.80. The molecular weight excluding hydrogens is 340 g/mol. The molecule has 0 N–H and O–H groups in total. The van der Waals surface area contributed by atoms with Crippen LogP contribution >= 0.6 is 11.6 Å². The van der Waals surface area contributed by atoms with Crippen LogP contribution in [0.3, 0.4) is 0 Å². The lowest BCUT2D eigenvalue weighted by Gasteiger charge is -2.33. The van der Waals surface area contributed by atoms with E-state index in [0.29, 0.717) is 0 Å². The van der Waals surface area contributed by atoms with E-state index in [-0.39, 0.29) is 0 Å². The van der Waals surface area contributed by atoms with Gasteiger partial charge >= 0.3 is 0 Å². The molecule has 0 bridgehead atoms. The summed E-state index contributed by atoms with van der Waals surface area (Å²) in [6.45, 7) is 0. The first-order valence-corrected chi connectivity index (χ1v) is 9.00. The zero-order valence-corrected chi connectivity index (χ0v) is 15.3. The third-order valence-corrected chi connectivity index (χ3v) is 5.13. The average molecular weight is 360 g/mol. The number of rotatable bonds is 4. The van der Waals surface area contributed by atoms with E-state index in [0.717, 1.165) is 21.7 Å². The normalized spacial score (nSPS) is 11.5. The lowest BCUT2D eigenvalue weighted by Crippen LogP contribution is -2.38. The zero-order valence-electron chi connectivity index (χ0n) is 14.6. The summed E-state index contributed by atoms with van der Waals surface area (Å²) in [5.74, 6) is 0. The van der Waals surface area contributed by atoms with E-state index in [1.807, 2.05) is 37.4 Å². The first kappa shape index (κ1) is 16.6. The van der Waals surface area contributed by atoms with Crippen LogP contribution in [0, 0.1) is 0 Å². The van der Waals surface area contributed by atoms with Crippen LogP contribution in [0.25, 0.3) is 0 Å². The van der Waals surface area contributed by atoms with Crippen LogP contribution in [-0.2, 0) is 12.6 Å². The van der Waals surface area contributed by atoms with Crippen molar-refractivity contribution in [3.8, 4) is 0 Å². The summed E-state index contributed by atoms with van der Waals surface area (Å²) in [5, 5.41) is 0.747. The van der Waals surface area contributed by atoms with Gasteiger partial charge in [0.2, 0.25) is 6.33 Å². The van der Waals surface area contributed by atoms with Gasteiger partial charge in [-0.1, -0.05) is 90.5 Å². The minimum absolute atomic E-state index is 0.553. The molecule has 0 aliphatic rings. The van der Waals surface area contributed by atoms with Crippen molar-refractivity contribution in [2.24, 2.45) is 7.05 Å². The van der Waals surface area contributed by atoms with Crippen molar-refractivity contribution in [2.45, 2.75) is 5.54 Å². The Hall–Kier alpha value is -2.84. The maximum Gasteiger partial charge on any atom is 0.244 e. The van der Waals surface area contributed by atoms with E-state index in [1.54, 1.807) is 0 Å². The molecule has 4 rings (SSSR count). The fourth-order valence-corrected chi connectivity index (χ4v) is 3.95. The average Bonchev–Trinajstić information content (AvgIpc) is 3.12. The first-order chi connectivity index (χ1) is 12.7. The maximum atomic E-state index is 6.74. The van der Waals surface area contributed by atoms with Crippen molar-refractivity contribution in [3.05, 3.63) is 125 Å². The number of imidazole rings is 1. The van der Waals surface area contributed by atoms with Crippen LogP contribution in [0.15, 0.2) is 104 Å². The number of aromatic nitrogens is 2. The van der Waals surface area contributed by atoms with Gasteiger partial charge in [0.15, 0.2) is 5.54 Å². The second-order valence-corrected chi connectivity index (χ2v) is 6.82. The molecule has 0 amide bonds. The van der Waals surface area contributed by atoms with Gasteiger partial charge in [-0.2, -0.15) is 0 Å². The Balaban J connectivity index is 2.16. The number of benzene rings is 3. The maximum absolute atomic E-state index is 6.74. The van der Waals surface area contributed by atoms with E-state index in [2.05, 4.69) is 82.5 Å². The highest BCUT2D eigenvalue weighted by Crippen LogP contribution is 2.43. The van der Waals surface area contributed by atoms with Crippen molar-refractivity contribution in [1.29, 1.82) is 0 Å². The molecule has 4 aromatic rings. The summed E-state index contributed by atoms with van der Waals surface area (Å²) < 4.78 is 4.29. The molecule has 0 fully saturated rings. The summed E-state index contributed by atoms with van der Waals surface area (Å²) in [5.41, 5.74) is 2.82. The van der Waals surface area contributed by atoms with Gasteiger partial charge in [0.25, 0.3) is 0 Å². The number of hydrogen-bond donors (Lipinski definition) is 0. The molecule has 3 aromatic carbocycles. The predicted octanol–water partition coefficient (Wildman–Crippen LogP) is 4.81. The van der Waals surface area contributed by atoms with E-state index in [4.69, 9.17) is 11.6 Å². The summed E-state index contributed by atoms with van der Waals surface area (Å²) in [6.07, 6.45) is 6.25. The standard InChI is InChI=1S/C23H20ClN2/c1-25-16-17-26(18-25)23(19-10-4-2-5-11-19,20-12-6-3-7-13-20)21-14-8-9-15-22(21)24/h2-18H,1H3/q+1. The summed E-state index contributed by atoms with van der Waals surface area (Å²) in [4.78, 5) is 0. The van der Waals surface area contributed by atoms with E-state index in [1.165, 1.54) is 0 Å². The molecule has 1 heterocycles. The Morgan fingerprint density at radius 2 is 1.31 bits per heavy atom. The van der Waals surface area contributed by atoms with Gasteiger partial charge in [-0.05, 0) is 6.07 Å². The molecular formula is C23H20ClN2+. The van der Waals surface area contributed by atoms with Crippen LogP contribution in [-0.4, -0.2) is 4.57 Å². The molecule has 26 heavy (non-hydrogen) atoms. The lowest BCUT2D eigenvalue weighted by atomic mass is 9.76. The Bertz CT molecular complexity index is 967. The van der Waals surface area contributed by atoms with Crippen molar-refractivity contribution < 1.29 is 4.57 Å². The van der Waals surface area contributed by atoms with Crippen LogP contribution in [0.4, 0.5) is 0 Å². The van der Waals surface area contributed by atoms with Gasteiger partial charge in [-0.15, -0.1) is 0 Å². The highest BCUT2D eigenvalue weighted by Gasteiger charge is 2.44. The molecule has 2 nitrogen and oxygen atoms in total. The Kier molecular flexibility index (Phi) is 4.36. The highest BCUT2D eigenvalue weighted by molar-refractivity contribution is 6.31. The molecule has 0 unspecified atom stereocenters. The number of aryl methyl sites for hydroxylation is 1. The smallest absolute Gasteiger partial charge is 0.239 e. The summed E-state index contributed by atoms with van der Waals surface area (Å²) in [6, 6.07) is 29.1. The Morgan fingerprint density at radius 3 is 1.81 bits per heavy atom. The molecule has 0 aliphatic carbocycles. The second-order valence-electron chi connectivity index (χ2n) is 6.41. The van der Waals surface area contributed by atoms with Crippen molar-refractivity contribution in [1.82, 2.24) is 4.57 Å². The van der Waals surface area contributed by atoms with Crippen LogP contribution in [0.1, 0.15) is 16.7 Å². The first-order valence-electron chi connectivity index (χ1n) is 8.62. The fraction of sp³-hybridized carbons (Fsp3) is 0.0870. The van der Waals surface area contributed by atoms with E-state index < -0.39 is 5.54 Å². The summed E-state index contributed by atoms with van der Waals surface area (Å²) in [7, 11) is 2.03. The second kappa shape index (κ2) is 6.81. The minimum atomic E-state index is -0.553. The van der Waals surface area contributed by atoms with Crippen molar-refractivity contribution >= 4 is 11.6 Å². The largest absolute Gasteiger partial charge is 0.244 e. The SMILES string of the molecule is C[n+]1ccn(C(c2ccccc2)(c2ccccc2)c2ccccc2Cl)c1. The van der Waals surface area contributed by atoms with Gasteiger partial charge in [0.05, 0.1) is 7.05 Å². The van der Waals surface area contributed by atoms with Gasteiger partial charge in [-0.3, -0.25) is 0 Å². The topological polar surface area (TPSA) is 8.81 Å². The van der Waals surface area contributed by atoms with Gasteiger partial charge in [0, 0.05) is 21.7 Å². The van der Waals surface area contributed by atoms with Gasteiger partial charge < -0.3 is 0 Å². The molecule has 1 aromatic heterocycles. The Morgan fingerprint density at radius 1 is 0.769 bits per heavy atom. The molecule has 0 saturated heterocycles. The minimum Gasteiger partial charge on any atom is -0.239 e. The Labute approximate surface area is 158 Å². The third kappa shape index (κ3) is 2.63. The van der Waals surface area contributed by atoms with Crippen LogP contribution in [0.2, 0.25) is 5.02 Å². The molecule has 0 atom stereocenters. The van der Waals surface area contributed by atoms with Gasteiger partial charge in [0.1, 0.15) is 12.4 Å². The van der Waals surface area contributed by atoms with Crippen molar-refractivity contribution in [3.63, 3.8) is 0 Å². The lowest BCUT2D eigenvalue weighted by molar-refractivity contribution is -0.671.